The Bertz CT molecular complexity index is 624. The van der Waals surface area contributed by atoms with Gasteiger partial charge in [-0.2, -0.15) is 4.31 Å². The number of hydrogen-bond donors (Lipinski definition) is 1. The van der Waals surface area contributed by atoms with Crippen molar-refractivity contribution in [2.45, 2.75) is 24.8 Å². The smallest absolute Gasteiger partial charge is 0.243 e. The van der Waals surface area contributed by atoms with Gasteiger partial charge in [0, 0.05) is 37.2 Å². The van der Waals surface area contributed by atoms with Gasteiger partial charge in [-0.05, 0) is 50.3 Å². The van der Waals surface area contributed by atoms with Crippen molar-refractivity contribution >= 4 is 39.0 Å². The van der Waals surface area contributed by atoms with Gasteiger partial charge in [0.2, 0.25) is 10.0 Å². The maximum absolute atomic E-state index is 12.6. The van der Waals surface area contributed by atoms with E-state index in [2.05, 4.69) is 5.32 Å². The molecule has 0 saturated carbocycles. The lowest BCUT2D eigenvalue weighted by atomic mass is 10.3. The second-order valence-corrected chi connectivity index (χ2v) is 8.21. The number of thiocarbonyl (C=S) groups is 1. The predicted molar refractivity (Wildman–Crippen MR) is 92.7 cm³/mol. The highest BCUT2D eigenvalue weighted by Gasteiger charge is 2.29. The number of nitrogens with zero attached hydrogens (tertiary/aromatic N) is 2. The fraction of sp³-hybridized carbons (Fsp3) is 0.500. The van der Waals surface area contributed by atoms with Gasteiger partial charge in [-0.1, -0.05) is 11.6 Å². The first kappa shape index (κ1) is 17.5. The number of rotatable bonds is 3. The molecule has 0 bridgehead atoms. The van der Waals surface area contributed by atoms with E-state index in [1.54, 1.807) is 12.1 Å². The van der Waals surface area contributed by atoms with E-state index in [1.165, 1.54) is 16.4 Å². The largest absolute Gasteiger partial charge is 0.360 e. The Kier molecular flexibility index (Phi) is 5.65. The number of benzene rings is 1. The standard InChI is InChI=1S/C14H20ClN3O2S2/c1-11(2)16-14(21)17-7-9-18(10-8-17)22(19,20)13-5-3-12(15)4-6-13/h3-6,11H,7-10H2,1-2H3,(H,16,21). The molecule has 22 heavy (non-hydrogen) atoms. The summed E-state index contributed by atoms with van der Waals surface area (Å²) >= 11 is 11.1. The molecule has 8 heteroatoms. The minimum Gasteiger partial charge on any atom is -0.360 e. The van der Waals surface area contributed by atoms with Crippen LogP contribution in [-0.4, -0.2) is 55.0 Å². The van der Waals surface area contributed by atoms with Gasteiger partial charge in [0.05, 0.1) is 4.90 Å². The predicted octanol–water partition coefficient (Wildman–Crippen LogP) is 1.93. The van der Waals surface area contributed by atoms with Gasteiger partial charge >= 0.3 is 0 Å². The number of piperazine rings is 1. The molecule has 2 rings (SSSR count). The molecule has 0 amide bonds. The van der Waals surface area contributed by atoms with Crippen LogP contribution in [0.25, 0.3) is 0 Å². The van der Waals surface area contributed by atoms with Crippen LogP contribution in [0, 0.1) is 0 Å². The SMILES string of the molecule is CC(C)NC(=S)N1CCN(S(=O)(=O)c2ccc(Cl)cc2)CC1. The van der Waals surface area contributed by atoms with Crippen molar-refractivity contribution < 1.29 is 8.42 Å². The third-order valence-corrected chi connectivity index (χ3v) is 5.93. The number of sulfonamides is 1. The van der Waals surface area contributed by atoms with E-state index < -0.39 is 10.0 Å². The van der Waals surface area contributed by atoms with Gasteiger partial charge in [0.1, 0.15) is 0 Å². The van der Waals surface area contributed by atoms with Crippen LogP contribution in [-0.2, 0) is 10.0 Å². The van der Waals surface area contributed by atoms with E-state index in [1.807, 2.05) is 18.7 Å². The highest BCUT2D eigenvalue weighted by molar-refractivity contribution is 7.89. The minimum absolute atomic E-state index is 0.267. The molecule has 1 aliphatic rings. The highest BCUT2D eigenvalue weighted by Crippen LogP contribution is 2.19. The molecule has 1 heterocycles. The third kappa shape index (κ3) is 4.10. The molecule has 0 radical (unpaired) electrons. The van der Waals surface area contributed by atoms with E-state index >= 15 is 0 Å². The average molecular weight is 362 g/mol. The van der Waals surface area contributed by atoms with Crippen molar-refractivity contribution in [1.29, 1.82) is 0 Å². The summed E-state index contributed by atoms with van der Waals surface area (Å²) in [6.07, 6.45) is 0. The Balaban J connectivity index is 2.01. The summed E-state index contributed by atoms with van der Waals surface area (Å²) in [7, 11) is -3.47. The molecule has 0 atom stereocenters. The highest BCUT2D eigenvalue weighted by atomic mass is 35.5. The quantitative estimate of drug-likeness (QED) is 0.834. The van der Waals surface area contributed by atoms with Gasteiger partial charge < -0.3 is 10.2 Å². The van der Waals surface area contributed by atoms with Crippen LogP contribution >= 0.6 is 23.8 Å². The van der Waals surface area contributed by atoms with Crippen LogP contribution in [0.5, 0.6) is 0 Å². The lowest BCUT2D eigenvalue weighted by Crippen LogP contribution is -2.53. The number of hydrogen-bond acceptors (Lipinski definition) is 3. The maximum atomic E-state index is 12.6. The zero-order valence-corrected chi connectivity index (χ0v) is 15.0. The molecule has 1 aromatic carbocycles. The van der Waals surface area contributed by atoms with Gasteiger partial charge in [0.25, 0.3) is 0 Å². The molecule has 0 aromatic heterocycles. The number of nitrogens with one attached hydrogen (secondary N) is 1. The zero-order chi connectivity index (χ0) is 16.3. The molecule has 1 aromatic rings. The van der Waals surface area contributed by atoms with Crippen LogP contribution < -0.4 is 5.32 Å². The normalized spacial score (nSPS) is 16.8. The van der Waals surface area contributed by atoms with Gasteiger partial charge in [0.15, 0.2) is 5.11 Å². The van der Waals surface area contributed by atoms with Crippen molar-refractivity contribution in [1.82, 2.24) is 14.5 Å². The van der Waals surface area contributed by atoms with Crippen molar-refractivity contribution in [2.24, 2.45) is 0 Å². The molecule has 1 saturated heterocycles. The van der Waals surface area contributed by atoms with Crippen LogP contribution in [0.3, 0.4) is 0 Å². The summed E-state index contributed by atoms with van der Waals surface area (Å²) in [6, 6.07) is 6.52. The lowest BCUT2D eigenvalue weighted by molar-refractivity contribution is 0.263. The Morgan fingerprint density at radius 2 is 1.73 bits per heavy atom. The maximum Gasteiger partial charge on any atom is 0.243 e. The van der Waals surface area contributed by atoms with Crippen molar-refractivity contribution in [3.63, 3.8) is 0 Å². The van der Waals surface area contributed by atoms with Crippen molar-refractivity contribution in [2.75, 3.05) is 26.2 Å². The molecule has 1 aliphatic heterocycles. The Morgan fingerprint density at radius 1 is 1.18 bits per heavy atom. The summed E-state index contributed by atoms with van der Waals surface area (Å²) in [5.74, 6) is 0. The van der Waals surface area contributed by atoms with E-state index in [-0.39, 0.29) is 10.9 Å². The first-order valence-electron chi connectivity index (χ1n) is 7.12. The first-order valence-corrected chi connectivity index (χ1v) is 9.34. The molecule has 1 fully saturated rings. The minimum atomic E-state index is -3.47. The van der Waals surface area contributed by atoms with E-state index in [0.717, 1.165) is 0 Å². The second-order valence-electron chi connectivity index (χ2n) is 5.45. The molecular formula is C14H20ClN3O2S2. The number of halogens is 1. The average Bonchev–Trinajstić information content (AvgIpc) is 2.47. The summed E-state index contributed by atoms with van der Waals surface area (Å²) in [6.45, 7) is 6.06. The molecule has 5 nitrogen and oxygen atoms in total. The molecule has 1 N–H and O–H groups in total. The third-order valence-electron chi connectivity index (χ3n) is 3.39. The topological polar surface area (TPSA) is 52.6 Å². The Morgan fingerprint density at radius 3 is 2.23 bits per heavy atom. The van der Waals surface area contributed by atoms with Crippen molar-refractivity contribution in [3.8, 4) is 0 Å². The first-order chi connectivity index (χ1) is 10.3. The molecule has 0 aliphatic carbocycles. The fourth-order valence-electron chi connectivity index (χ4n) is 2.23. The van der Waals surface area contributed by atoms with E-state index in [4.69, 9.17) is 23.8 Å². The van der Waals surface area contributed by atoms with Crippen LogP contribution in [0.4, 0.5) is 0 Å². The molecule has 0 unspecified atom stereocenters. The summed E-state index contributed by atoms with van der Waals surface area (Å²) in [5, 5.41) is 4.38. The van der Waals surface area contributed by atoms with E-state index in [9.17, 15) is 8.42 Å². The lowest BCUT2D eigenvalue weighted by Gasteiger charge is -2.36. The fourth-order valence-corrected chi connectivity index (χ4v) is 4.19. The molecular weight excluding hydrogens is 342 g/mol. The van der Waals surface area contributed by atoms with Crippen molar-refractivity contribution in [3.05, 3.63) is 29.3 Å². The van der Waals surface area contributed by atoms with E-state index in [0.29, 0.717) is 36.3 Å². The zero-order valence-electron chi connectivity index (χ0n) is 12.6. The molecule has 0 spiro atoms. The molecule has 122 valence electrons. The Hall–Kier alpha value is -0.890. The van der Waals surface area contributed by atoms with Gasteiger partial charge in [-0.3, -0.25) is 0 Å². The second kappa shape index (κ2) is 7.12. The van der Waals surface area contributed by atoms with Crippen LogP contribution in [0.2, 0.25) is 5.02 Å². The summed E-state index contributed by atoms with van der Waals surface area (Å²) < 4.78 is 26.6. The monoisotopic (exact) mass is 361 g/mol. The van der Waals surface area contributed by atoms with Crippen LogP contribution in [0.1, 0.15) is 13.8 Å². The Labute approximate surface area is 142 Å². The van der Waals surface area contributed by atoms with Gasteiger partial charge in [-0.25, -0.2) is 8.42 Å². The summed E-state index contributed by atoms with van der Waals surface area (Å²) in [4.78, 5) is 2.27. The van der Waals surface area contributed by atoms with Crippen LogP contribution in [0.15, 0.2) is 29.2 Å². The summed E-state index contributed by atoms with van der Waals surface area (Å²) in [5.41, 5.74) is 0. The van der Waals surface area contributed by atoms with Gasteiger partial charge in [-0.15, -0.1) is 0 Å².